The molecule has 0 spiro atoms. The molecular formula is C19H32BNO5Si. The molecule has 1 heterocycles. The summed E-state index contributed by atoms with van der Waals surface area (Å²) in [7, 11) is -2.58. The molecule has 1 aromatic carbocycles. The van der Waals surface area contributed by atoms with Gasteiger partial charge < -0.3 is 13.7 Å². The second-order valence-corrected chi connectivity index (χ2v) is 14.6. The second kappa shape index (κ2) is 6.99. The molecule has 1 aromatic rings. The van der Waals surface area contributed by atoms with Gasteiger partial charge in [0.2, 0.25) is 0 Å². The Morgan fingerprint density at radius 3 is 2.11 bits per heavy atom. The average Bonchev–Trinajstić information content (AvgIpc) is 2.72. The Hall–Kier alpha value is -1.22. The summed E-state index contributed by atoms with van der Waals surface area (Å²) in [4.78, 5) is 11.1. The average molecular weight is 393 g/mol. The third-order valence-corrected chi connectivity index (χ3v) is 10.7. The first kappa shape index (κ1) is 22.1. The fourth-order valence-corrected chi connectivity index (χ4v) is 3.45. The number of nitro benzene ring substituents is 1. The van der Waals surface area contributed by atoms with Gasteiger partial charge in [0.15, 0.2) is 8.32 Å². The van der Waals surface area contributed by atoms with Crippen LogP contribution in [0, 0.1) is 10.1 Å². The summed E-state index contributed by atoms with van der Waals surface area (Å²) in [6.45, 7) is 18.9. The molecule has 2 rings (SSSR count). The van der Waals surface area contributed by atoms with Gasteiger partial charge in [0.05, 0.1) is 28.3 Å². The zero-order valence-electron chi connectivity index (χ0n) is 18.0. The van der Waals surface area contributed by atoms with Crippen molar-refractivity contribution in [2.45, 2.75) is 84.4 Å². The molecule has 27 heavy (non-hydrogen) atoms. The quantitative estimate of drug-likeness (QED) is 0.421. The van der Waals surface area contributed by atoms with Crippen molar-refractivity contribution < 1.29 is 18.7 Å². The predicted octanol–water partition coefficient (Wildman–Crippen LogP) is 4.42. The monoisotopic (exact) mass is 393 g/mol. The van der Waals surface area contributed by atoms with Crippen molar-refractivity contribution in [3.8, 4) is 0 Å². The van der Waals surface area contributed by atoms with Crippen molar-refractivity contribution >= 4 is 26.6 Å². The number of rotatable bonds is 5. The number of hydrogen-bond acceptors (Lipinski definition) is 5. The van der Waals surface area contributed by atoms with Crippen molar-refractivity contribution in [2.75, 3.05) is 0 Å². The smallest absolute Gasteiger partial charge is 0.412 e. The van der Waals surface area contributed by atoms with Crippen LogP contribution in [-0.4, -0.2) is 31.6 Å². The predicted molar refractivity (Wildman–Crippen MR) is 111 cm³/mol. The van der Waals surface area contributed by atoms with Gasteiger partial charge in [-0.3, -0.25) is 10.1 Å². The van der Waals surface area contributed by atoms with Crippen LogP contribution in [0.3, 0.4) is 0 Å². The van der Waals surface area contributed by atoms with E-state index in [4.69, 9.17) is 13.7 Å². The minimum absolute atomic E-state index is 0.0329. The minimum atomic E-state index is -2.03. The van der Waals surface area contributed by atoms with E-state index in [1.165, 1.54) is 6.07 Å². The highest BCUT2D eigenvalue weighted by Gasteiger charge is 2.51. The Bertz CT molecular complexity index is 711. The molecule has 0 amide bonds. The van der Waals surface area contributed by atoms with Crippen molar-refractivity contribution in [3.05, 3.63) is 33.9 Å². The van der Waals surface area contributed by atoms with Crippen LogP contribution in [0.1, 0.15) is 54.0 Å². The van der Waals surface area contributed by atoms with Crippen LogP contribution in [-0.2, 0) is 20.3 Å². The lowest BCUT2D eigenvalue weighted by Gasteiger charge is -2.36. The van der Waals surface area contributed by atoms with E-state index >= 15 is 0 Å². The van der Waals surface area contributed by atoms with Crippen LogP contribution in [0.5, 0.6) is 0 Å². The Kier molecular flexibility index (Phi) is 5.71. The van der Waals surface area contributed by atoms with Crippen molar-refractivity contribution in [1.82, 2.24) is 0 Å². The van der Waals surface area contributed by atoms with Crippen molar-refractivity contribution in [1.29, 1.82) is 0 Å². The van der Waals surface area contributed by atoms with Gasteiger partial charge in [-0.15, -0.1) is 0 Å². The number of nitrogens with zero attached hydrogens (tertiary/aromatic N) is 1. The summed E-state index contributed by atoms with van der Waals surface area (Å²) in [5.74, 6) is 0. The Morgan fingerprint density at radius 1 is 1.15 bits per heavy atom. The molecule has 1 saturated heterocycles. The molecule has 1 aliphatic rings. The molecule has 1 fully saturated rings. The molecule has 6 nitrogen and oxygen atoms in total. The highest BCUT2D eigenvalue weighted by Crippen LogP contribution is 2.38. The number of benzene rings is 1. The van der Waals surface area contributed by atoms with Crippen LogP contribution in [0.4, 0.5) is 5.69 Å². The minimum Gasteiger partial charge on any atom is -0.412 e. The summed E-state index contributed by atoms with van der Waals surface area (Å²) < 4.78 is 18.4. The lowest BCUT2D eigenvalue weighted by atomic mass is 9.78. The second-order valence-electron chi connectivity index (χ2n) is 9.78. The molecule has 0 N–H and O–H groups in total. The van der Waals surface area contributed by atoms with Crippen LogP contribution in [0.15, 0.2) is 18.2 Å². The third kappa shape index (κ3) is 4.45. The first-order valence-corrected chi connectivity index (χ1v) is 12.2. The lowest BCUT2D eigenvalue weighted by Crippen LogP contribution is -2.41. The van der Waals surface area contributed by atoms with E-state index in [0.29, 0.717) is 5.56 Å². The molecule has 150 valence electrons. The largest absolute Gasteiger partial charge is 0.494 e. The van der Waals surface area contributed by atoms with Gasteiger partial charge in [-0.2, -0.15) is 0 Å². The maximum atomic E-state index is 11.5. The highest BCUT2D eigenvalue weighted by atomic mass is 28.4. The molecule has 8 heteroatoms. The molecule has 0 atom stereocenters. The number of nitro groups is 1. The maximum absolute atomic E-state index is 11.5. The van der Waals surface area contributed by atoms with Gasteiger partial charge >= 0.3 is 7.12 Å². The molecule has 0 saturated carbocycles. The summed E-state index contributed by atoms with van der Waals surface area (Å²) >= 11 is 0. The summed E-state index contributed by atoms with van der Waals surface area (Å²) in [6.07, 6.45) is 0. The lowest BCUT2D eigenvalue weighted by molar-refractivity contribution is -0.385. The zero-order valence-corrected chi connectivity index (χ0v) is 19.0. The fraction of sp³-hybridized carbons (Fsp3) is 0.684. The van der Waals surface area contributed by atoms with E-state index in [1.807, 2.05) is 27.7 Å². The van der Waals surface area contributed by atoms with E-state index in [-0.39, 0.29) is 22.3 Å². The van der Waals surface area contributed by atoms with Gasteiger partial charge in [0.25, 0.3) is 5.69 Å². The molecule has 0 bridgehead atoms. The highest BCUT2D eigenvalue weighted by molar-refractivity contribution is 6.74. The van der Waals surface area contributed by atoms with Crippen LogP contribution >= 0.6 is 0 Å². The molecule has 0 radical (unpaired) electrons. The van der Waals surface area contributed by atoms with Crippen molar-refractivity contribution in [2.24, 2.45) is 0 Å². The fourth-order valence-electron chi connectivity index (χ4n) is 2.50. The third-order valence-electron chi connectivity index (χ3n) is 6.22. The first-order valence-electron chi connectivity index (χ1n) is 9.34. The SMILES string of the molecule is CC1(C)OB(c2ccc([N+](=O)[O-])c(CO[Si](C)(C)C(C)(C)C)c2)OC1(C)C. The normalized spacial score (nSPS) is 19.4. The molecule has 1 aliphatic heterocycles. The summed E-state index contributed by atoms with van der Waals surface area (Å²) in [6, 6.07) is 5.01. The van der Waals surface area contributed by atoms with Gasteiger partial charge in [0.1, 0.15) is 0 Å². The Balaban J connectivity index is 2.32. The maximum Gasteiger partial charge on any atom is 0.494 e. The van der Waals surface area contributed by atoms with E-state index in [2.05, 4.69) is 33.9 Å². The molecule has 0 aromatic heterocycles. The van der Waals surface area contributed by atoms with E-state index in [9.17, 15) is 10.1 Å². The van der Waals surface area contributed by atoms with E-state index in [0.717, 1.165) is 5.46 Å². The van der Waals surface area contributed by atoms with Crippen LogP contribution in [0.25, 0.3) is 0 Å². The Labute approximate surface area is 164 Å². The van der Waals surface area contributed by atoms with Gasteiger partial charge in [0, 0.05) is 6.07 Å². The van der Waals surface area contributed by atoms with Crippen LogP contribution < -0.4 is 5.46 Å². The van der Waals surface area contributed by atoms with E-state index < -0.39 is 26.6 Å². The topological polar surface area (TPSA) is 70.8 Å². The molecular weight excluding hydrogens is 361 g/mol. The summed E-state index contributed by atoms with van der Waals surface area (Å²) in [5.41, 5.74) is 0.466. The van der Waals surface area contributed by atoms with Crippen LogP contribution in [0.2, 0.25) is 18.1 Å². The standard InChI is InChI=1S/C19H32BNO5Si/c1-17(2,3)27(8,9)24-13-14-12-15(10-11-16(14)21(22)23)20-25-18(4,5)19(6,7)26-20/h10-12H,13H2,1-9H3. The zero-order chi connectivity index (χ0) is 20.8. The van der Waals surface area contributed by atoms with Crippen molar-refractivity contribution in [3.63, 3.8) is 0 Å². The van der Waals surface area contributed by atoms with Gasteiger partial charge in [-0.25, -0.2) is 0 Å². The van der Waals surface area contributed by atoms with E-state index in [1.54, 1.807) is 12.1 Å². The summed E-state index contributed by atoms with van der Waals surface area (Å²) in [5, 5.41) is 11.5. The van der Waals surface area contributed by atoms with Gasteiger partial charge in [-0.05, 0) is 51.3 Å². The first-order chi connectivity index (χ1) is 12.1. The van der Waals surface area contributed by atoms with Gasteiger partial charge in [-0.1, -0.05) is 32.9 Å². The number of hydrogen-bond donors (Lipinski definition) is 0. The molecule has 0 aliphatic carbocycles. The Morgan fingerprint density at radius 2 is 1.67 bits per heavy atom. The molecule has 0 unspecified atom stereocenters.